The molecule has 0 bridgehead atoms. The van der Waals surface area contributed by atoms with Crippen molar-refractivity contribution < 1.29 is 14.3 Å². The molecule has 1 amide bonds. The van der Waals surface area contributed by atoms with Crippen LogP contribution >= 0.6 is 0 Å². The Labute approximate surface area is 232 Å². The van der Waals surface area contributed by atoms with Crippen LogP contribution in [-0.2, 0) is 11.2 Å². The molecule has 0 radical (unpaired) electrons. The molecular weight excluding hydrogens is 486 g/mol. The first-order chi connectivity index (χ1) is 18.9. The zero-order valence-corrected chi connectivity index (χ0v) is 23.5. The molecule has 2 heterocycles. The fourth-order valence-electron chi connectivity index (χ4n) is 5.94. The topological polar surface area (TPSA) is 54.4 Å². The standard InChI is InChI=1S/C33H39N3O3/c1-23-10-12-28(24(2)18-23)31-21-30(29-13-11-27(38-3)20-32(29)39-4)34-36(31)33(37)22-35-16-14-26(15-17-35)19-25-8-6-5-7-9-25/h5-13,18,20,26,31H,14-17,19,21-22H2,1-4H3/t31-/m1/s1. The number of likely N-dealkylation sites (tertiary alicyclic amines) is 1. The van der Waals surface area contributed by atoms with E-state index in [4.69, 9.17) is 14.6 Å². The molecular formula is C33H39N3O3. The van der Waals surface area contributed by atoms with Crippen LogP contribution in [0.4, 0.5) is 0 Å². The normalized spacial score (nSPS) is 18.2. The molecule has 0 unspecified atom stereocenters. The Morgan fingerprint density at radius 1 is 0.949 bits per heavy atom. The minimum Gasteiger partial charge on any atom is -0.497 e. The number of rotatable bonds is 8. The number of hydrazone groups is 1. The fourth-order valence-corrected chi connectivity index (χ4v) is 5.94. The lowest BCUT2D eigenvalue weighted by atomic mass is 9.90. The maximum atomic E-state index is 13.8. The Balaban J connectivity index is 1.33. The summed E-state index contributed by atoms with van der Waals surface area (Å²) in [5, 5.41) is 6.66. The maximum Gasteiger partial charge on any atom is 0.257 e. The van der Waals surface area contributed by atoms with Crippen LogP contribution < -0.4 is 9.47 Å². The van der Waals surface area contributed by atoms with Crippen molar-refractivity contribution in [1.29, 1.82) is 0 Å². The van der Waals surface area contributed by atoms with Gasteiger partial charge in [0.25, 0.3) is 5.91 Å². The summed E-state index contributed by atoms with van der Waals surface area (Å²) in [6.07, 6.45) is 3.97. The third kappa shape index (κ3) is 6.17. The molecule has 6 nitrogen and oxygen atoms in total. The smallest absolute Gasteiger partial charge is 0.257 e. The SMILES string of the molecule is COc1ccc(C2=NN(C(=O)CN3CCC(Cc4ccccc4)CC3)[C@@H](c3ccc(C)cc3C)C2)c(OC)c1. The minimum atomic E-state index is -0.143. The molecule has 1 saturated heterocycles. The highest BCUT2D eigenvalue weighted by Gasteiger charge is 2.36. The molecule has 1 fully saturated rings. The highest BCUT2D eigenvalue weighted by Crippen LogP contribution is 2.37. The third-order valence-corrected chi connectivity index (χ3v) is 8.10. The Kier molecular flexibility index (Phi) is 8.32. The Hall–Kier alpha value is -3.64. The number of piperidine rings is 1. The second-order valence-electron chi connectivity index (χ2n) is 10.8. The number of ether oxygens (including phenoxy) is 2. The molecule has 5 rings (SSSR count). The van der Waals surface area contributed by atoms with Crippen LogP contribution in [0.2, 0.25) is 0 Å². The summed E-state index contributed by atoms with van der Waals surface area (Å²) in [5.41, 5.74) is 6.68. The van der Waals surface area contributed by atoms with Crippen molar-refractivity contribution in [3.63, 3.8) is 0 Å². The summed E-state index contributed by atoms with van der Waals surface area (Å²) in [6, 6.07) is 22.8. The van der Waals surface area contributed by atoms with Gasteiger partial charge in [0.15, 0.2) is 0 Å². The summed E-state index contributed by atoms with van der Waals surface area (Å²) in [4.78, 5) is 16.1. The molecule has 0 spiro atoms. The molecule has 6 heteroatoms. The molecule has 2 aliphatic rings. The van der Waals surface area contributed by atoms with Crippen molar-refractivity contribution in [3.05, 3.63) is 94.5 Å². The zero-order valence-electron chi connectivity index (χ0n) is 23.5. The number of nitrogens with zero attached hydrogens (tertiary/aromatic N) is 3. The highest BCUT2D eigenvalue weighted by molar-refractivity contribution is 6.05. The average molecular weight is 526 g/mol. The van der Waals surface area contributed by atoms with E-state index in [9.17, 15) is 4.79 Å². The largest absolute Gasteiger partial charge is 0.497 e. The van der Waals surface area contributed by atoms with E-state index in [1.54, 1.807) is 19.2 Å². The van der Waals surface area contributed by atoms with Crippen LogP contribution in [0.15, 0.2) is 71.8 Å². The van der Waals surface area contributed by atoms with Crippen molar-refractivity contribution in [2.24, 2.45) is 11.0 Å². The van der Waals surface area contributed by atoms with Crippen molar-refractivity contribution in [1.82, 2.24) is 9.91 Å². The van der Waals surface area contributed by atoms with Crippen molar-refractivity contribution in [3.8, 4) is 11.5 Å². The van der Waals surface area contributed by atoms with E-state index in [0.29, 0.717) is 24.6 Å². The number of aryl methyl sites for hydroxylation is 2. The molecule has 39 heavy (non-hydrogen) atoms. The van der Waals surface area contributed by atoms with E-state index in [2.05, 4.69) is 67.3 Å². The number of hydrogen-bond donors (Lipinski definition) is 0. The summed E-state index contributed by atoms with van der Waals surface area (Å²) in [5.74, 6) is 2.13. The van der Waals surface area contributed by atoms with E-state index in [1.165, 1.54) is 16.7 Å². The van der Waals surface area contributed by atoms with Gasteiger partial charge in [-0.2, -0.15) is 5.10 Å². The van der Waals surface area contributed by atoms with E-state index < -0.39 is 0 Å². The quantitative estimate of drug-likeness (QED) is 0.365. The molecule has 3 aromatic rings. The van der Waals surface area contributed by atoms with Crippen LogP contribution in [0.3, 0.4) is 0 Å². The van der Waals surface area contributed by atoms with Crippen LogP contribution in [0.1, 0.15) is 53.1 Å². The van der Waals surface area contributed by atoms with Crippen LogP contribution in [-0.4, -0.2) is 55.4 Å². The molecule has 3 aromatic carbocycles. The van der Waals surface area contributed by atoms with Gasteiger partial charge in [0.2, 0.25) is 0 Å². The van der Waals surface area contributed by atoms with Crippen LogP contribution in [0.25, 0.3) is 0 Å². The molecule has 1 atom stereocenters. The van der Waals surface area contributed by atoms with Gasteiger partial charge in [-0.25, -0.2) is 5.01 Å². The lowest BCUT2D eigenvalue weighted by Crippen LogP contribution is -2.42. The van der Waals surface area contributed by atoms with Gasteiger partial charge in [0.1, 0.15) is 11.5 Å². The number of benzene rings is 3. The Bertz CT molecular complexity index is 1330. The third-order valence-electron chi connectivity index (χ3n) is 8.10. The Morgan fingerprint density at radius 2 is 1.72 bits per heavy atom. The Morgan fingerprint density at radius 3 is 2.41 bits per heavy atom. The van der Waals surface area contributed by atoms with E-state index in [0.717, 1.165) is 54.9 Å². The average Bonchev–Trinajstić information content (AvgIpc) is 3.39. The first-order valence-corrected chi connectivity index (χ1v) is 13.9. The second-order valence-corrected chi connectivity index (χ2v) is 10.8. The summed E-state index contributed by atoms with van der Waals surface area (Å²) in [6.45, 7) is 6.48. The number of amides is 1. The van der Waals surface area contributed by atoms with Crippen LogP contribution in [0.5, 0.6) is 11.5 Å². The summed E-state index contributed by atoms with van der Waals surface area (Å²) >= 11 is 0. The predicted molar refractivity (Wildman–Crippen MR) is 156 cm³/mol. The lowest BCUT2D eigenvalue weighted by Gasteiger charge is -2.33. The maximum absolute atomic E-state index is 13.8. The van der Waals surface area contributed by atoms with E-state index in [1.807, 2.05) is 18.2 Å². The zero-order chi connectivity index (χ0) is 27.4. The summed E-state index contributed by atoms with van der Waals surface area (Å²) < 4.78 is 11.1. The minimum absolute atomic E-state index is 0.0453. The van der Waals surface area contributed by atoms with Gasteiger partial charge >= 0.3 is 0 Å². The predicted octanol–water partition coefficient (Wildman–Crippen LogP) is 5.95. The van der Waals surface area contributed by atoms with Gasteiger partial charge in [-0.15, -0.1) is 0 Å². The number of carbonyl (C=O) groups excluding carboxylic acids is 1. The van der Waals surface area contributed by atoms with Gasteiger partial charge in [-0.05, 0) is 80.9 Å². The van der Waals surface area contributed by atoms with Gasteiger partial charge in [0.05, 0.1) is 32.5 Å². The van der Waals surface area contributed by atoms with Crippen molar-refractivity contribution in [2.75, 3.05) is 33.9 Å². The molecule has 0 aromatic heterocycles. The van der Waals surface area contributed by atoms with Gasteiger partial charge in [0, 0.05) is 18.1 Å². The highest BCUT2D eigenvalue weighted by atomic mass is 16.5. The number of carbonyl (C=O) groups is 1. The van der Waals surface area contributed by atoms with Gasteiger partial charge in [-0.1, -0.05) is 54.1 Å². The van der Waals surface area contributed by atoms with Crippen molar-refractivity contribution >= 4 is 11.6 Å². The van der Waals surface area contributed by atoms with Crippen LogP contribution in [0, 0.1) is 19.8 Å². The molecule has 204 valence electrons. The monoisotopic (exact) mass is 525 g/mol. The van der Waals surface area contributed by atoms with Gasteiger partial charge in [-0.3, -0.25) is 9.69 Å². The molecule has 0 N–H and O–H groups in total. The number of methoxy groups -OCH3 is 2. The summed E-state index contributed by atoms with van der Waals surface area (Å²) in [7, 11) is 3.29. The second kappa shape index (κ2) is 12.0. The van der Waals surface area contributed by atoms with E-state index >= 15 is 0 Å². The fraction of sp³-hybridized carbons (Fsp3) is 0.394. The van der Waals surface area contributed by atoms with E-state index in [-0.39, 0.29) is 11.9 Å². The molecule has 2 aliphatic heterocycles. The first kappa shape index (κ1) is 26.9. The number of hydrogen-bond acceptors (Lipinski definition) is 5. The molecule has 0 aliphatic carbocycles. The lowest BCUT2D eigenvalue weighted by molar-refractivity contribution is -0.134. The first-order valence-electron chi connectivity index (χ1n) is 13.9. The molecule has 0 saturated carbocycles. The van der Waals surface area contributed by atoms with Crippen molar-refractivity contribution in [2.45, 2.75) is 45.6 Å². The van der Waals surface area contributed by atoms with Gasteiger partial charge < -0.3 is 9.47 Å².